The van der Waals surface area contributed by atoms with Gasteiger partial charge in [-0.25, -0.2) is 14.4 Å². The number of esters is 3. The van der Waals surface area contributed by atoms with Gasteiger partial charge in [0.1, 0.15) is 0 Å². The van der Waals surface area contributed by atoms with E-state index in [4.69, 9.17) is 9.47 Å². The first kappa shape index (κ1) is 19.6. The molecule has 4 unspecified atom stereocenters. The zero-order valence-electron chi connectivity index (χ0n) is 16.0. The number of carbonyl (C=O) groups is 3. The Kier molecular flexibility index (Phi) is 6.02. The van der Waals surface area contributed by atoms with E-state index in [1.165, 1.54) is 13.5 Å². The van der Waals surface area contributed by atoms with Crippen molar-refractivity contribution in [2.45, 2.75) is 32.6 Å². The molecule has 0 heterocycles. The summed E-state index contributed by atoms with van der Waals surface area (Å²) in [5, 5.41) is 0. The first-order valence-electron chi connectivity index (χ1n) is 9.64. The first-order valence-corrected chi connectivity index (χ1v) is 9.64. The van der Waals surface area contributed by atoms with Crippen LogP contribution in [0.2, 0.25) is 0 Å². The van der Waals surface area contributed by atoms with Gasteiger partial charge in [-0.15, -0.1) is 0 Å². The third-order valence-corrected chi connectivity index (χ3v) is 6.50. The van der Waals surface area contributed by atoms with Crippen LogP contribution >= 0.6 is 0 Å². The van der Waals surface area contributed by atoms with Gasteiger partial charge in [0.2, 0.25) is 0 Å². The lowest BCUT2D eigenvalue weighted by molar-refractivity contribution is -0.141. The molecular formula is C21H28O6. The van der Waals surface area contributed by atoms with Crippen molar-refractivity contribution >= 4 is 17.9 Å². The summed E-state index contributed by atoms with van der Waals surface area (Å²) in [6, 6.07) is 0. The standard InChI is InChI=1S/C21H28O6/c1-12(2)21(24)27-11-15-8-14-9-17(15)18-7-13(6-16(14)18)10-26-20(23)5-4-19(22)25-3/h4-5,13-18H,1,6-11H2,2-3H3/t13?,14?,15?,16-,17?,18-/m0/s1. The molecule has 6 nitrogen and oxygen atoms in total. The Morgan fingerprint density at radius 2 is 1.63 bits per heavy atom. The van der Waals surface area contributed by atoms with Crippen LogP contribution in [-0.4, -0.2) is 38.2 Å². The van der Waals surface area contributed by atoms with Gasteiger partial charge in [-0.2, -0.15) is 0 Å². The number of fused-ring (bicyclic) bond motifs is 5. The van der Waals surface area contributed by atoms with Crippen molar-refractivity contribution in [2.24, 2.45) is 35.5 Å². The third kappa shape index (κ3) is 4.42. The minimum Gasteiger partial charge on any atom is -0.466 e. The molecule has 27 heavy (non-hydrogen) atoms. The smallest absolute Gasteiger partial charge is 0.333 e. The molecule has 3 rings (SSSR count). The second-order valence-electron chi connectivity index (χ2n) is 8.19. The minimum absolute atomic E-state index is 0.300. The highest BCUT2D eigenvalue weighted by molar-refractivity contribution is 5.91. The predicted octanol–water partition coefficient (Wildman–Crippen LogP) is 2.68. The van der Waals surface area contributed by atoms with Crippen molar-refractivity contribution in [2.75, 3.05) is 20.3 Å². The van der Waals surface area contributed by atoms with E-state index in [1.54, 1.807) is 6.92 Å². The van der Waals surface area contributed by atoms with E-state index >= 15 is 0 Å². The van der Waals surface area contributed by atoms with Crippen LogP contribution in [-0.2, 0) is 28.6 Å². The van der Waals surface area contributed by atoms with Crippen molar-refractivity contribution < 1.29 is 28.6 Å². The Hall–Kier alpha value is -2.11. The maximum Gasteiger partial charge on any atom is 0.333 e. The summed E-state index contributed by atoms with van der Waals surface area (Å²) in [7, 11) is 1.26. The second-order valence-corrected chi connectivity index (χ2v) is 8.19. The number of hydrogen-bond acceptors (Lipinski definition) is 6. The molecule has 0 aromatic carbocycles. The quantitative estimate of drug-likeness (QED) is 0.386. The normalized spacial score (nSPS) is 33.7. The van der Waals surface area contributed by atoms with E-state index < -0.39 is 11.9 Å². The summed E-state index contributed by atoms with van der Waals surface area (Å²) < 4.78 is 15.1. The van der Waals surface area contributed by atoms with E-state index in [0.29, 0.717) is 54.3 Å². The molecule has 0 N–H and O–H groups in total. The SMILES string of the molecule is C=C(C)C(=O)OCC1CC2CC1[C@H]1CC(COC(=O)C=CC(=O)OC)C[C@@H]21. The molecule has 3 saturated carbocycles. The average molecular weight is 376 g/mol. The largest absolute Gasteiger partial charge is 0.466 e. The lowest BCUT2D eigenvalue weighted by Gasteiger charge is -2.31. The fourth-order valence-electron chi connectivity index (χ4n) is 5.41. The molecule has 3 fully saturated rings. The van der Waals surface area contributed by atoms with Gasteiger partial charge >= 0.3 is 17.9 Å². The zero-order valence-corrected chi connectivity index (χ0v) is 16.0. The summed E-state index contributed by atoms with van der Waals surface area (Å²) >= 11 is 0. The van der Waals surface area contributed by atoms with E-state index in [2.05, 4.69) is 11.3 Å². The second kappa shape index (κ2) is 8.28. The van der Waals surface area contributed by atoms with Gasteiger partial charge in [0, 0.05) is 17.7 Å². The maximum absolute atomic E-state index is 11.7. The molecule has 0 radical (unpaired) electrons. The monoisotopic (exact) mass is 376 g/mol. The topological polar surface area (TPSA) is 78.9 Å². The molecule has 148 valence electrons. The highest BCUT2D eigenvalue weighted by Gasteiger charge is 2.56. The zero-order chi connectivity index (χ0) is 19.6. The van der Waals surface area contributed by atoms with Crippen LogP contribution in [0.4, 0.5) is 0 Å². The van der Waals surface area contributed by atoms with Crippen molar-refractivity contribution in [3.05, 3.63) is 24.3 Å². The highest BCUT2D eigenvalue weighted by Crippen LogP contribution is 2.62. The van der Waals surface area contributed by atoms with Gasteiger partial charge in [-0.05, 0) is 68.1 Å². The van der Waals surface area contributed by atoms with Crippen molar-refractivity contribution in [1.29, 1.82) is 0 Å². The molecule has 6 heteroatoms. The van der Waals surface area contributed by atoms with Crippen LogP contribution in [0, 0.1) is 35.5 Å². The Morgan fingerprint density at radius 1 is 0.926 bits per heavy atom. The number of ether oxygens (including phenoxy) is 3. The van der Waals surface area contributed by atoms with Gasteiger partial charge in [0.15, 0.2) is 0 Å². The number of rotatable bonds is 7. The van der Waals surface area contributed by atoms with E-state index in [0.717, 1.165) is 31.4 Å². The molecule has 0 aromatic rings. The Balaban J connectivity index is 1.45. The van der Waals surface area contributed by atoms with Crippen LogP contribution in [0.3, 0.4) is 0 Å². The Labute approximate surface area is 159 Å². The number of methoxy groups -OCH3 is 1. The fraction of sp³-hybridized carbons (Fsp3) is 0.667. The Bertz CT molecular complexity index is 651. The summed E-state index contributed by atoms with van der Waals surface area (Å²) in [6.07, 6.45) is 6.70. The molecule has 0 aromatic heterocycles. The predicted molar refractivity (Wildman–Crippen MR) is 97.3 cm³/mol. The van der Waals surface area contributed by atoms with Gasteiger partial charge in [-0.3, -0.25) is 0 Å². The fourth-order valence-corrected chi connectivity index (χ4v) is 5.41. The van der Waals surface area contributed by atoms with Crippen LogP contribution in [0.1, 0.15) is 32.6 Å². The van der Waals surface area contributed by atoms with E-state index in [1.807, 2.05) is 0 Å². The molecule has 2 bridgehead atoms. The van der Waals surface area contributed by atoms with Gasteiger partial charge in [-0.1, -0.05) is 6.58 Å². The highest BCUT2D eigenvalue weighted by atomic mass is 16.5. The van der Waals surface area contributed by atoms with Crippen molar-refractivity contribution in [3.63, 3.8) is 0 Å². The lowest BCUT2D eigenvalue weighted by Crippen LogP contribution is -2.28. The average Bonchev–Trinajstić information content (AvgIpc) is 3.33. The minimum atomic E-state index is -0.572. The summed E-state index contributed by atoms with van der Waals surface area (Å²) in [5.74, 6) is 2.10. The number of hydrogen-bond donors (Lipinski definition) is 0. The van der Waals surface area contributed by atoms with Crippen molar-refractivity contribution in [1.82, 2.24) is 0 Å². The first-order chi connectivity index (χ1) is 12.9. The van der Waals surface area contributed by atoms with Crippen LogP contribution < -0.4 is 0 Å². The Morgan fingerprint density at radius 3 is 2.33 bits per heavy atom. The molecule has 0 amide bonds. The summed E-state index contributed by atoms with van der Waals surface area (Å²) in [5.41, 5.74) is 0.444. The van der Waals surface area contributed by atoms with Crippen LogP contribution in [0.25, 0.3) is 0 Å². The van der Waals surface area contributed by atoms with Gasteiger partial charge in [0.25, 0.3) is 0 Å². The molecule has 6 atom stereocenters. The molecule has 3 aliphatic carbocycles. The molecular weight excluding hydrogens is 348 g/mol. The maximum atomic E-state index is 11.7. The lowest BCUT2D eigenvalue weighted by atomic mass is 9.76. The number of carbonyl (C=O) groups excluding carboxylic acids is 3. The van der Waals surface area contributed by atoms with Crippen LogP contribution in [0.5, 0.6) is 0 Å². The van der Waals surface area contributed by atoms with Gasteiger partial charge in [0.05, 0.1) is 20.3 Å². The van der Waals surface area contributed by atoms with E-state index in [9.17, 15) is 14.4 Å². The molecule has 0 spiro atoms. The third-order valence-electron chi connectivity index (χ3n) is 6.50. The molecule has 3 aliphatic rings. The van der Waals surface area contributed by atoms with Crippen molar-refractivity contribution in [3.8, 4) is 0 Å². The molecule has 0 saturated heterocycles. The van der Waals surface area contributed by atoms with Crippen LogP contribution in [0.15, 0.2) is 24.3 Å². The van der Waals surface area contributed by atoms with Gasteiger partial charge < -0.3 is 14.2 Å². The van der Waals surface area contributed by atoms with E-state index in [-0.39, 0.29) is 5.97 Å². The molecule has 0 aliphatic heterocycles. The summed E-state index contributed by atoms with van der Waals surface area (Å²) in [4.78, 5) is 34.3. The summed E-state index contributed by atoms with van der Waals surface area (Å²) in [6.45, 7) is 6.19.